The van der Waals surface area contributed by atoms with Crippen LogP contribution >= 0.6 is 0 Å². The first kappa shape index (κ1) is 20.2. The Hall–Kier alpha value is -3.54. The third kappa shape index (κ3) is 5.97. The number of rotatable bonds is 9. The van der Waals surface area contributed by atoms with Gasteiger partial charge in [0.05, 0.1) is 19.3 Å². The van der Waals surface area contributed by atoms with Gasteiger partial charge in [0.15, 0.2) is 0 Å². The summed E-state index contributed by atoms with van der Waals surface area (Å²) in [6.07, 6.45) is 2.30. The highest BCUT2D eigenvalue weighted by molar-refractivity contribution is 5.94. The van der Waals surface area contributed by atoms with E-state index >= 15 is 0 Å². The number of carbonyl (C=O) groups is 1. The average Bonchev–Trinajstić information content (AvgIpc) is 2.76. The minimum atomic E-state index is -0.145. The van der Waals surface area contributed by atoms with E-state index < -0.39 is 0 Å². The summed E-state index contributed by atoms with van der Waals surface area (Å²) in [6, 6.07) is 19.0. The van der Waals surface area contributed by atoms with Crippen LogP contribution in [0, 0.1) is 0 Å². The zero-order chi connectivity index (χ0) is 20.5. The molecule has 6 heteroatoms. The van der Waals surface area contributed by atoms with Gasteiger partial charge >= 0.3 is 0 Å². The van der Waals surface area contributed by atoms with Crippen LogP contribution < -0.4 is 20.1 Å². The number of nitrogens with one attached hydrogen (secondary N) is 2. The molecule has 3 aromatic rings. The molecule has 1 amide bonds. The molecule has 0 saturated heterocycles. The molecule has 1 heterocycles. The molecule has 2 N–H and O–H groups in total. The van der Waals surface area contributed by atoms with Crippen molar-refractivity contribution in [2.75, 3.05) is 25.6 Å². The van der Waals surface area contributed by atoms with E-state index in [2.05, 4.69) is 15.6 Å². The lowest BCUT2D eigenvalue weighted by molar-refractivity contribution is 0.0954. The topological polar surface area (TPSA) is 72.5 Å². The highest BCUT2D eigenvalue weighted by atomic mass is 16.5. The highest BCUT2D eigenvalue weighted by Crippen LogP contribution is 2.19. The Balaban J connectivity index is 1.50. The molecule has 3 rings (SSSR count). The van der Waals surface area contributed by atoms with E-state index in [9.17, 15) is 4.79 Å². The predicted octanol–water partition coefficient (Wildman–Crippen LogP) is 4.21. The Morgan fingerprint density at radius 2 is 1.86 bits per heavy atom. The van der Waals surface area contributed by atoms with Crippen LogP contribution in [0.25, 0.3) is 0 Å². The van der Waals surface area contributed by atoms with Crippen molar-refractivity contribution in [3.05, 3.63) is 78.0 Å². The zero-order valence-electron chi connectivity index (χ0n) is 16.6. The molecule has 150 valence electrons. The molecule has 0 saturated carbocycles. The maximum atomic E-state index is 12.3. The molecule has 0 aliphatic rings. The Labute approximate surface area is 170 Å². The predicted molar refractivity (Wildman–Crippen MR) is 114 cm³/mol. The second-order valence-corrected chi connectivity index (χ2v) is 6.37. The molecule has 2 aromatic carbocycles. The van der Waals surface area contributed by atoms with Crippen LogP contribution in [0.4, 0.5) is 11.5 Å². The largest absolute Gasteiger partial charge is 0.497 e. The van der Waals surface area contributed by atoms with Crippen LogP contribution in [0.3, 0.4) is 0 Å². The number of methoxy groups -OCH3 is 1. The van der Waals surface area contributed by atoms with Gasteiger partial charge in [0, 0.05) is 18.4 Å². The average molecular weight is 391 g/mol. The second kappa shape index (κ2) is 10.1. The molecule has 29 heavy (non-hydrogen) atoms. The number of aromatic nitrogens is 1. The van der Waals surface area contributed by atoms with Crippen molar-refractivity contribution < 1.29 is 14.3 Å². The summed E-state index contributed by atoms with van der Waals surface area (Å²) >= 11 is 0. The Bertz CT molecular complexity index is 925. The summed E-state index contributed by atoms with van der Waals surface area (Å²) in [4.78, 5) is 16.6. The van der Waals surface area contributed by atoms with E-state index in [0.717, 1.165) is 29.2 Å². The minimum Gasteiger partial charge on any atom is -0.497 e. The fraction of sp³-hybridized carbons (Fsp3) is 0.217. The fourth-order valence-electron chi connectivity index (χ4n) is 2.80. The second-order valence-electron chi connectivity index (χ2n) is 6.37. The van der Waals surface area contributed by atoms with Crippen molar-refractivity contribution in [2.45, 2.75) is 13.3 Å². The number of anilines is 2. The smallest absolute Gasteiger partial charge is 0.252 e. The first-order valence-corrected chi connectivity index (χ1v) is 9.55. The van der Waals surface area contributed by atoms with Crippen molar-refractivity contribution >= 4 is 17.4 Å². The van der Waals surface area contributed by atoms with Gasteiger partial charge in [-0.25, -0.2) is 4.98 Å². The SMILES string of the molecule is CCOc1ccc(Nc2ccc(C(=O)NCCc3cccc(OC)c3)cn2)cc1. The Kier molecular flexibility index (Phi) is 7.05. The lowest BCUT2D eigenvalue weighted by atomic mass is 10.1. The van der Waals surface area contributed by atoms with Crippen molar-refractivity contribution in [1.82, 2.24) is 10.3 Å². The molecule has 0 atom stereocenters. The van der Waals surface area contributed by atoms with Crippen LogP contribution in [0.2, 0.25) is 0 Å². The first-order chi connectivity index (χ1) is 14.2. The number of hydrogen-bond donors (Lipinski definition) is 2. The normalized spacial score (nSPS) is 10.3. The van der Waals surface area contributed by atoms with E-state index in [1.165, 1.54) is 0 Å². The maximum absolute atomic E-state index is 12.3. The lowest BCUT2D eigenvalue weighted by Crippen LogP contribution is -2.25. The van der Waals surface area contributed by atoms with E-state index in [1.807, 2.05) is 55.5 Å². The third-order valence-electron chi connectivity index (χ3n) is 4.30. The summed E-state index contributed by atoms with van der Waals surface area (Å²) in [5.74, 6) is 2.16. The van der Waals surface area contributed by atoms with Gasteiger partial charge in [-0.05, 0) is 67.4 Å². The molecule has 0 unspecified atom stereocenters. The van der Waals surface area contributed by atoms with Gasteiger partial charge in [0.2, 0.25) is 0 Å². The zero-order valence-corrected chi connectivity index (χ0v) is 16.6. The Morgan fingerprint density at radius 1 is 1.03 bits per heavy atom. The molecule has 0 radical (unpaired) electrons. The number of amides is 1. The maximum Gasteiger partial charge on any atom is 0.252 e. The van der Waals surface area contributed by atoms with Gasteiger partial charge < -0.3 is 20.1 Å². The first-order valence-electron chi connectivity index (χ1n) is 9.55. The van der Waals surface area contributed by atoms with Crippen LogP contribution in [-0.2, 0) is 6.42 Å². The molecular weight excluding hydrogens is 366 g/mol. The van der Waals surface area contributed by atoms with Gasteiger partial charge in [0.1, 0.15) is 17.3 Å². The molecule has 0 fully saturated rings. The third-order valence-corrected chi connectivity index (χ3v) is 4.30. The van der Waals surface area contributed by atoms with E-state index in [0.29, 0.717) is 24.5 Å². The quantitative estimate of drug-likeness (QED) is 0.572. The molecule has 0 spiro atoms. The van der Waals surface area contributed by atoms with E-state index in [4.69, 9.17) is 9.47 Å². The van der Waals surface area contributed by atoms with Crippen molar-refractivity contribution in [2.24, 2.45) is 0 Å². The van der Waals surface area contributed by atoms with E-state index in [-0.39, 0.29) is 5.91 Å². The number of hydrogen-bond acceptors (Lipinski definition) is 5. The summed E-state index contributed by atoms with van der Waals surface area (Å²) in [5, 5.41) is 6.12. The van der Waals surface area contributed by atoms with Crippen molar-refractivity contribution in [3.63, 3.8) is 0 Å². The van der Waals surface area contributed by atoms with Crippen LogP contribution in [-0.4, -0.2) is 31.2 Å². The number of nitrogens with zero attached hydrogens (tertiary/aromatic N) is 1. The molecule has 1 aromatic heterocycles. The number of ether oxygens (including phenoxy) is 2. The molecular formula is C23H25N3O3. The molecule has 0 aliphatic heterocycles. The summed E-state index contributed by atoms with van der Waals surface area (Å²) in [5.41, 5.74) is 2.53. The lowest BCUT2D eigenvalue weighted by Gasteiger charge is -2.09. The monoisotopic (exact) mass is 391 g/mol. The Morgan fingerprint density at radius 3 is 2.55 bits per heavy atom. The molecule has 0 bridgehead atoms. The fourth-order valence-corrected chi connectivity index (χ4v) is 2.80. The summed E-state index contributed by atoms with van der Waals surface area (Å²) in [7, 11) is 1.64. The van der Waals surface area contributed by atoms with Crippen molar-refractivity contribution in [3.8, 4) is 11.5 Å². The van der Waals surface area contributed by atoms with E-state index in [1.54, 1.807) is 25.4 Å². The van der Waals surface area contributed by atoms with Gasteiger partial charge in [-0.15, -0.1) is 0 Å². The number of pyridine rings is 1. The number of carbonyl (C=O) groups excluding carboxylic acids is 1. The highest BCUT2D eigenvalue weighted by Gasteiger charge is 2.06. The van der Waals surface area contributed by atoms with Crippen molar-refractivity contribution in [1.29, 1.82) is 0 Å². The molecule has 0 aliphatic carbocycles. The van der Waals surface area contributed by atoms with Crippen LogP contribution in [0.1, 0.15) is 22.8 Å². The van der Waals surface area contributed by atoms with Crippen LogP contribution in [0.15, 0.2) is 66.9 Å². The number of benzene rings is 2. The van der Waals surface area contributed by atoms with Crippen LogP contribution in [0.5, 0.6) is 11.5 Å². The van der Waals surface area contributed by atoms with Gasteiger partial charge in [0.25, 0.3) is 5.91 Å². The minimum absolute atomic E-state index is 0.145. The standard InChI is InChI=1S/C23H25N3O3/c1-3-29-20-10-8-19(9-11-20)26-22-12-7-18(16-25-22)23(27)24-14-13-17-5-4-6-21(15-17)28-2/h4-12,15-16H,3,13-14H2,1-2H3,(H,24,27)(H,25,26). The molecule has 6 nitrogen and oxygen atoms in total. The van der Waals surface area contributed by atoms with Gasteiger partial charge in [-0.1, -0.05) is 12.1 Å². The van der Waals surface area contributed by atoms with Gasteiger partial charge in [-0.3, -0.25) is 4.79 Å². The summed E-state index contributed by atoms with van der Waals surface area (Å²) < 4.78 is 10.6. The van der Waals surface area contributed by atoms with Gasteiger partial charge in [-0.2, -0.15) is 0 Å². The summed E-state index contributed by atoms with van der Waals surface area (Å²) in [6.45, 7) is 3.13.